The Morgan fingerprint density at radius 1 is 1.17 bits per heavy atom. The van der Waals surface area contributed by atoms with Crippen molar-refractivity contribution in [2.45, 2.75) is 95.6 Å². The lowest BCUT2D eigenvalue weighted by Gasteiger charge is -2.34. The zero-order valence-electron chi connectivity index (χ0n) is 15.7. The molecule has 134 valence electrons. The maximum absolute atomic E-state index is 6.39. The van der Waals surface area contributed by atoms with Crippen molar-refractivity contribution in [1.29, 1.82) is 0 Å². The van der Waals surface area contributed by atoms with Gasteiger partial charge in [-0.15, -0.1) is 0 Å². The number of hydrogen-bond acceptors (Lipinski definition) is 4. The van der Waals surface area contributed by atoms with E-state index in [-0.39, 0.29) is 23.8 Å². The summed E-state index contributed by atoms with van der Waals surface area (Å²) in [5.74, 6) is 0. The average Bonchev–Trinajstić information content (AvgIpc) is 2.96. The van der Waals surface area contributed by atoms with E-state index in [1.807, 2.05) is 0 Å². The minimum atomic E-state index is -0.417. The van der Waals surface area contributed by atoms with Gasteiger partial charge in [0.15, 0.2) is 0 Å². The monoisotopic (exact) mass is 326 g/mol. The normalized spacial score (nSPS) is 33.5. The summed E-state index contributed by atoms with van der Waals surface area (Å²) in [6, 6.07) is 0.0783. The Labute approximate surface area is 143 Å². The summed E-state index contributed by atoms with van der Waals surface area (Å²) in [6.45, 7) is 10.6. The van der Waals surface area contributed by atoms with E-state index in [1.54, 1.807) is 0 Å². The molecule has 2 saturated heterocycles. The maximum Gasteiger partial charge on any atom is 0.143 e. The van der Waals surface area contributed by atoms with Gasteiger partial charge in [0.1, 0.15) is 25.7 Å². The molecule has 4 nitrogen and oxygen atoms in total. The predicted octanol–water partition coefficient (Wildman–Crippen LogP) is 2.67. The molecule has 0 spiro atoms. The van der Waals surface area contributed by atoms with Gasteiger partial charge in [0.2, 0.25) is 0 Å². The third-order valence-corrected chi connectivity index (χ3v) is 5.26. The van der Waals surface area contributed by atoms with Crippen LogP contribution in [0.2, 0.25) is 0 Å². The lowest BCUT2D eigenvalue weighted by molar-refractivity contribution is -0.166. The molecule has 3 unspecified atom stereocenters. The quantitative estimate of drug-likeness (QED) is 0.432. The van der Waals surface area contributed by atoms with Crippen molar-refractivity contribution in [3.8, 4) is 0 Å². The van der Waals surface area contributed by atoms with Gasteiger partial charge in [-0.1, -0.05) is 39.5 Å². The zero-order chi connectivity index (χ0) is 16.9. The van der Waals surface area contributed by atoms with Crippen molar-refractivity contribution < 1.29 is 18.9 Å². The molecule has 0 saturated carbocycles. The molecule has 0 amide bonds. The maximum atomic E-state index is 6.39. The third kappa shape index (κ3) is 4.71. The molecule has 0 N–H and O–H groups in total. The Bertz CT molecular complexity index is 363. The number of unbranched alkanes of at least 4 members (excludes halogenated alkanes) is 4. The highest BCUT2D eigenvalue weighted by Crippen LogP contribution is 2.43. The molecule has 0 aliphatic carbocycles. The minimum absolute atomic E-state index is 0.0208. The molecule has 2 heterocycles. The van der Waals surface area contributed by atoms with Crippen molar-refractivity contribution in [1.82, 2.24) is 0 Å². The van der Waals surface area contributed by atoms with Gasteiger partial charge in [-0.2, -0.15) is 0 Å². The first-order valence-electron chi connectivity index (χ1n) is 9.49. The van der Waals surface area contributed by atoms with Crippen LogP contribution in [0.15, 0.2) is 0 Å². The molecule has 5 heteroatoms. The minimum Gasteiger partial charge on any atom is -0.378 e. The lowest BCUT2D eigenvalue weighted by Crippen LogP contribution is -2.49. The Hall–Kier alpha value is -0.0951. The molecule has 2 rings (SSSR count). The summed E-state index contributed by atoms with van der Waals surface area (Å²) >= 11 is 0. The van der Waals surface area contributed by atoms with Crippen LogP contribution in [0.3, 0.4) is 0 Å². The topological polar surface area (TPSA) is 36.9 Å². The van der Waals surface area contributed by atoms with Gasteiger partial charge in [-0.3, -0.25) is 0 Å². The smallest absolute Gasteiger partial charge is 0.143 e. The summed E-state index contributed by atoms with van der Waals surface area (Å²) in [6.07, 6.45) is 7.27. The number of ether oxygens (including phenoxy) is 4. The molecule has 2 aliphatic rings. The van der Waals surface area contributed by atoms with E-state index >= 15 is 0 Å². The van der Waals surface area contributed by atoms with Crippen molar-refractivity contribution >= 4 is 7.85 Å². The fourth-order valence-corrected chi connectivity index (χ4v) is 3.44. The number of fused-ring (bicyclic) bond motifs is 2. The first-order valence-corrected chi connectivity index (χ1v) is 9.49. The Morgan fingerprint density at radius 3 is 2.57 bits per heavy atom. The molecule has 2 aliphatic heterocycles. The first kappa shape index (κ1) is 19.2. The Balaban J connectivity index is 1.82. The van der Waals surface area contributed by atoms with Crippen LogP contribution in [0.1, 0.15) is 66.2 Å². The van der Waals surface area contributed by atoms with E-state index in [0.29, 0.717) is 13.2 Å². The van der Waals surface area contributed by atoms with E-state index in [9.17, 15) is 0 Å². The van der Waals surface area contributed by atoms with Crippen LogP contribution in [0.25, 0.3) is 0 Å². The van der Waals surface area contributed by atoms with E-state index in [1.165, 1.54) is 25.7 Å². The van der Waals surface area contributed by atoms with Crippen molar-refractivity contribution in [3.63, 3.8) is 0 Å². The van der Waals surface area contributed by atoms with Gasteiger partial charge in [-0.05, 0) is 26.7 Å². The summed E-state index contributed by atoms with van der Waals surface area (Å²) < 4.78 is 24.5. The summed E-state index contributed by atoms with van der Waals surface area (Å²) in [5, 5.41) is 0. The highest BCUT2D eigenvalue weighted by atomic mass is 16.7. The molecule has 2 bridgehead atoms. The molecule has 0 radical (unpaired) electrons. The molecule has 0 aromatic heterocycles. The fraction of sp³-hybridized carbons (Fsp3) is 1.00. The van der Waals surface area contributed by atoms with Crippen LogP contribution in [-0.2, 0) is 18.9 Å². The second-order valence-corrected chi connectivity index (χ2v) is 7.78. The Morgan fingerprint density at radius 2 is 1.91 bits per heavy atom. The lowest BCUT2D eigenvalue weighted by atomic mass is 9.91. The molecule has 2 fully saturated rings. The highest BCUT2D eigenvalue weighted by Gasteiger charge is 2.61. The van der Waals surface area contributed by atoms with Gasteiger partial charge in [0.25, 0.3) is 0 Å². The second-order valence-electron chi connectivity index (χ2n) is 7.78. The van der Waals surface area contributed by atoms with Crippen molar-refractivity contribution in [3.05, 3.63) is 0 Å². The number of hydrogen-bond donors (Lipinski definition) is 0. The second kappa shape index (κ2) is 8.33. The molecule has 0 aromatic carbocycles. The average molecular weight is 326 g/mol. The van der Waals surface area contributed by atoms with Crippen LogP contribution in [-0.4, -0.2) is 57.1 Å². The SMILES string of the molecule is BC1OC2(COCCCCCCC)COC1[C@H]2OC(C)(C)CC. The summed E-state index contributed by atoms with van der Waals surface area (Å²) in [5.41, 5.74) is -0.574. The fourth-order valence-electron chi connectivity index (χ4n) is 3.44. The molecular formula is C18H35BO4. The van der Waals surface area contributed by atoms with Crippen LogP contribution in [0, 0.1) is 0 Å². The number of rotatable bonds is 11. The predicted molar refractivity (Wildman–Crippen MR) is 94.7 cm³/mol. The van der Waals surface area contributed by atoms with Crippen LogP contribution in [0.4, 0.5) is 0 Å². The van der Waals surface area contributed by atoms with E-state index in [4.69, 9.17) is 18.9 Å². The van der Waals surface area contributed by atoms with Gasteiger partial charge in [0, 0.05) is 6.61 Å². The largest absolute Gasteiger partial charge is 0.378 e. The molecule has 0 aromatic rings. The zero-order valence-corrected chi connectivity index (χ0v) is 15.7. The molecule has 23 heavy (non-hydrogen) atoms. The van der Waals surface area contributed by atoms with Gasteiger partial charge < -0.3 is 18.9 Å². The highest BCUT2D eigenvalue weighted by molar-refractivity contribution is 6.11. The van der Waals surface area contributed by atoms with Crippen LogP contribution >= 0.6 is 0 Å². The van der Waals surface area contributed by atoms with Crippen LogP contribution in [0.5, 0.6) is 0 Å². The van der Waals surface area contributed by atoms with Gasteiger partial charge in [-0.25, -0.2) is 0 Å². The summed E-state index contributed by atoms with van der Waals surface area (Å²) in [4.78, 5) is 0. The van der Waals surface area contributed by atoms with Crippen molar-refractivity contribution in [2.75, 3.05) is 19.8 Å². The van der Waals surface area contributed by atoms with Gasteiger partial charge in [0.05, 0.1) is 24.8 Å². The Kier molecular flexibility index (Phi) is 6.96. The molecular weight excluding hydrogens is 291 g/mol. The van der Waals surface area contributed by atoms with Gasteiger partial charge >= 0.3 is 0 Å². The van der Waals surface area contributed by atoms with E-state index in [2.05, 4.69) is 35.5 Å². The first-order chi connectivity index (χ1) is 10.9. The van der Waals surface area contributed by atoms with E-state index in [0.717, 1.165) is 19.4 Å². The van der Waals surface area contributed by atoms with Crippen LogP contribution < -0.4 is 0 Å². The summed E-state index contributed by atoms with van der Waals surface area (Å²) in [7, 11) is 2.08. The third-order valence-electron chi connectivity index (χ3n) is 5.26. The van der Waals surface area contributed by atoms with E-state index < -0.39 is 5.60 Å². The molecule has 4 atom stereocenters. The standard InChI is InChI=1S/C18H35BO4/c1-5-7-8-9-10-11-20-12-18-13-21-14(16(19)23-18)15(18)22-17(3,4)6-2/h14-16H,5-13,19H2,1-4H3/t14?,15-,16?,18?/m1/s1. The van der Waals surface area contributed by atoms with Crippen molar-refractivity contribution in [2.24, 2.45) is 0 Å².